The first-order chi connectivity index (χ1) is 20.4. The standard InChI is InChI=1S/C30H45N5O6SSi/c1-21(28(36)22-13-9-8-10-14-22)42(37,38)34(19-20-43(5,6)7)30-33-32-29(23-15-11-18-26(31-23)41-4)35(30)27-24(39-2)16-12-17-25(27)40-3/h11-12,15-18,21-22,28,36H,8-10,13-14,19-20H2,1-7H3/t21-,28+/m0/s1. The number of sulfonamides is 1. The van der Waals surface area contributed by atoms with Crippen LogP contribution in [0, 0.1) is 5.92 Å². The van der Waals surface area contributed by atoms with E-state index in [1.807, 2.05) is 0 Å². The van der Waals surface area contributed by atoms with Crippen LogP contribution in [0.2, 0.25) is 25.7 Å². The van der Waals surface area contributed by atoms with E-state index in [9.17, 15) is 13.5 Å². The Bertz CT molecular complexity index is 1460. The number of hydrogen-bond acceptors (Lipinski definition) is 9. The Morgan fingerprint density at radius 1 is 0.977 bits per heavy atom. The first kappa shape index (κ1) is 32.7. The van der Waals surface area contributed by atoms with Crippen molar-refractivity contribution in [2.45, 2.75) is 76.1 Å². The van der Waals surface area contributed by atoms with Gasteiger partial charge in [-0.2, -0.15) is 0 Å². The highest BCUT2D eigenvalue weighted by molar-refractivity contribution is 7.93. The average Bonchev–Trinajstić information content (AvgIpc) is 3.43. The number of para-hydroxylation sites is 1. The molecule has 0 saturated heterocycles. The highest BCUT2D eigenvalue weighted by Crippen LogP contribution is 2.40. The number of anilines is 1. The molecule has 2 heterocycles. The van der Waals surface area contributed by atoms with Gasteiger partial charge in [0, 0.05) is 20.7 Å². The van der Waals surface area contributed by atoms with E-state index in [1.54, 1.807) is 47.9 Å². The molecule has 1 aliphatic rings. The fourth-order valence-corrected chi connectivity index (χ4v) is 8.25. The molecule has 0 aliphatic heterocycles. The van der Waals surface area contributed by atoms with Crippen molar-refractivity contribution in [1.29, 1.82) is 0 Å². The van der Waals surface area contributed by atoms with Crippen LogP contribution in [0.25, 0.3) is 17.2 Å². The maximum absolute atomic E-state index is 14.6. The molecular weight excluding hydrogens is 587 g/mol. The molecule has 43 heavy (non-hydrogen) atoms. The summed E-state index contributed by atoms with van der Waals surface area (Å²) in [5.74, 6) is 1.52. The molecule has 13 heteroatoms. The molecule has 0 amide bonds. The van der Waals surface area contributed by atoms with Crippen molar-refractivity contribution in [2.24, 2.45) is 5.92 Å². The molecule has 1 fully saturated rings. The van der Waals surface area contributed by atoms with Gasteiger partial charge in [-0.05, 0) is 49.9 Å². The summed E-state index contributed by atoms with van der Waals surface area (Å²) in [5, 5.41) is 19.3. The molecular formula is C30H45N5O6SSi. The number of nitrogens with zero attached hydrogens (tertiary/aromatic N) is 5. The number of pyridine rings is 1. The molecule has 1 saturated carbocycles. The lowest BCUT2D eigenvalue weighted by Crippen LogP contribution is -2.48. The van der Waals surface area contributed by atoms with Gasteiger partial charge in [0.05, 0.1) is 27.4 Å². The van der Waals surface area contributed by atoms with Gasteiger partial charge in [0.1, 0.15) is 28.1 Å². The smallest absolute Gasteiger partial charge is 0.246 e. The summed E-state index contributed by atoms with van der Waals surface area (Å²) in [5.41, 5.74) is 0.852. The Kier molecular flexibility index (Phi) is 10.4. The van der Waals surface area contributed by atoms with Crippen molar-refractivity contribution < 1.29 is 27.7 Å². The second kappa shape index (κ2) is 13.6. The lowest BCUT2D eigenvalue weighted by atomic mass is 9.84. The molecule has 0 spiro atoms. The van der Waals surface area contributed by atoms with Crippen LogP contribution < -0.4 is 18.5 Å². The van der Waals surface area contributed by atoms with Gasteiger partial charge in [0.25, 0.3) is 0 Å². The minimum Gasteiger partial charge on any atom is -0.494 e. The number of aliphatic hydroxyl groups excluding tert-OH is 1. The summed E-state index contributed by atoms with van der Waals surface area (Å²) in [6.07, 6.45) is 3.72. The minimum atomic E-state index is -4.12. The Labute approximate surface area is 256 Å². The Morgan fingerprint density at radius 2 is 1.60 bits per heavy atom. The van der Waals surface area contributed by atoms with E-state index in [-0.39, 0.29) is 24.2 Å². The molecule has 1 aromatic carbocycles. The van der Waals surface area contributed by atoms with Crippen LogP contribution in [0.3, 0.4) is 0 Å². The fraction of sp³-hybridized carbons (Fsp3) is 0.567. The Balaban J connectivity index is 1.96. The molecule has 3 aromatic rings. The topological polar surface area (TPSA) is 129 Å². The highest BCUT2D eigenvalue weighted by Gasteiger charge is 2.41. The number of aliphatic hydroxyl groups is 1. The monoisotopic (exact) mass is 631 g/mol. The van der Waals surface area contributed by atoms with Gasteiger partial charge in [0.2, 0.25) is 21.9 Å². The number of rotatable bonds is 13. The first-order valence-electron chi connectivity index (χ1n) is 14.8. The van der Waals surface area contributed by atoms with Crippen LogP contribution in [0.1, 0.15) is 39.0 Å². The third kappa shape index (κ3) is 7.15. The van der Waals surface area contributed by atoms with Crippen molar-refractivity contribution in [1.82, 2.24) is 19.7 Å². The van der Waals surface area contributed by atoms with E-state index < -0.39 is 29.5 Å². The maximum Gasteiger partial charge on any atom is 0.246 e. The van der Waals surface area contributed by atoms with Crippen LogP contribution in [-0.4, -0.2) is 80.6 Å². The van der Waals surface area contributed by atoms with E-state index in [1.165, 1.54) is 25.6 Å². The molecule has 236 valence electrons. The lowest BCUT2D eigenvalue weighted by molar-refractivity contribution is 0.0839. The van der Waals surface area contributed by atoms with Crippen molar-refractivity contribution in [3.05, 3.63) is 36.4 Å². The number of aromatic nitrogens is 4. The molecule has 1 N–H and O–H groups in total. The fourth-order valence-electron chi connectivity index (χ4n) is 5.53. The van der Waals surface area contributed by atoms with Crippen molar-refractivity contribution in [3.63, 3.8) is 0 Å². The van der Waals surface area contributed by atoms with E-state index in [0.717, 1.165) is 32.1 Å². The van der Waals surface area contributed by atoms with Gasteiger partial charge in [-0.15, -0.1) is 10.2 Å². The highest BCUT2D eigenvalue weighted by atomic mass is 32.2. The van der Waals surface area contributed by atoms with Gasteiger partial charge in [0.15, 0.2) is 5.82 Å². The molecule has 2 aromatic heterocycles. The summed E-state index contributed by atoms with van der Waals surface area (Å²) < 4.78 is 48.9. The van der Waals surface area contributed by atoms with Gasteiger partial charge in [-0.25, -0.2) is 17.7 Å². The van der Waals surface area contributed by atoms with Gasteiger partial charge >= 0.3 is 0 Å². The molecule has 1 aliphatic carbocycles. The van der Waals surface area contributed by atoms with Gasteiger partial charge < -0.3 is 19.3 Å². The molecule has 0 bridgehead atoms. The zero-order chi connectivity index (χ0) is 31.4. The maximum atomic E-state index is 14.6. The molecule has 0 unspecified atom stereocenters. The zero-order valence-corrected chi connectivity index (χ0v) is 28.1. The zero-order valence-electron chi connectivity index (χ0n) is 26.3. The number of methoxy groups -OCH3 is 3. The second-order valence-electron chi connectivity index (χ2n) is 12.3. The molecule has 0 radical (unpaired) electrons. The van der Waals surface area contributed by atoms with Crippen LogP contribution in [0.4, 0.5) is 5.95 Å². The molecule has 4 rings (SSSR count). The molecule has 2 atom stereocenters. The predicted octanol–water partition coefficient (Wildman–Crippen LogP) is 5.16. The van der Waals surface area contributed by atoms with Crippen LogP contribution >= 0.6 is 0 Å². The largest absolute Gasteiger partial charge is 0.494 e. The first-order valence-corrected chi connectivity index (χ1v) is 20.0. The summed E-state index contributed by atoms with van der Waals surface area (Å²) in [6.45, 7) is 8.36. The second-order valence-corrected chi connectivity index (χ2v) is 20.1. The van der Waals surface area contributed by atoms with E-state index in [2.05, 4.69) is 34.8 Å². The quantitative estimate of drug-likeness (QED) is 0.254. The lowest BCUT2D eigenvalue weighted by Gasteiger charge is -2.34. The number of hydrogen-bond donors (Lipinski definition) is 1. The third-order valence-corrected chi connectivity index (χ3v) is 12.0. The normalized spacial score (nSPS) is 16.0. The number of ether oxygens (including phenoxy) is 3. The van der Waals surface area contributed by atoms with Crippen molar-refractivity contribution in [2.75, 3.05) is 32.2 Å². The third-order valence-electron chi connectivity index (χ3n) is 8.11. The SMILES string of the molecule is COc1cccc(-c2nnc(N(CC[Si](C)(C)C)S(=O)(=O)[C@@H](C)[C@@H](O)C3CCCCC3)n2-c2c(OC)cccc2OC)n1. The summed E-state index contributed by atoms with van der Waals surface area (Å²) in [6, 6.07) is 11.2. The Morgan fingerprint density at radius 3 is 2.19 bits per heavy atom. The van der Waals surface area contributed by atoms with E-state index in [4.69, 9.17) is 14.2 Å². The van der Waals surface area contributed by atoms with Crippen molar-refractivity contribution >= 4 is 24.0 Å². The summed E-state index contributed by atoms with van der Waals surface area (Å²) >= 11 is 0. The predicted molar refractivity (Wildman–Crippen MR) is 171 cm³/mol. The average molecular weight is 632 g/mol. The van der Waals surface area contributed by atoms with E-state index >= 15 is 0 Å². The van der Waals surface area contributed by atoms with Crippen LogP contribution in [0.15, 0.2) is 36.4 Å². The van der Waals surface area contributed by atoms with Crippen LogP contribution in [0.5, 0.6) is 17.4 Å². The molecule has 11 nitrogen and oxygen atoms in total. The van der Waals surface area contributed by atoms with Crippen LogP contribution in [-0.2, 0) is 10.0 Å². The summed E-state index contributed by atoms with van der Waals surface area (Å²) in [7, 11) is -1.26. The van der Waals surface area contributed by atoms with Crippen molar-refractivity contribution in [3.8, 4) is 34.6 Å². The number of benzene rings is 1. The van der Waals surface area contributed by atoms with Gasteiger partial charge in [-0.3, -0.25) is 4.57 Å². The van der Waals surface area contributed by atoms with E-state index in [0.29, 0.717) is 34.8 Å². The minimum absolute atomic E-state index is 0.0684. The van der Waals surface area contributed by atoms with Gasteiger partial charge in [-0.1, -0.05) is 51.0 Å². The summed E-state index contributed by atoms with van der Waals surface area (Å²) in [4.78, 5) is 4.57. The Hall–Kier alpha value is -3.16.